The Bertz CT molecular complexity index is 649. The Morgan fingerprint density at radius 1 is 1.11 bits per heavy atom. The fraction of sp³-hybridized carbons (Fsp3) is 0. The van der Waals surface area contributed by atoms with Gasteiger partial charge in [0.15, 0.2) is 11.5 Å². The van der Waals surface area contributed by atoms with Crippen LogP contribution < -0.4 is 5.32 Å². The molecular weight excluding hydrogens is 270 g/mol. The summed E-state index contributed by atoms with van der Waals surface area (Å²) in [6.45, 7) is 0. The van der Waals surface area contributed by atoms with Gasteiger partial charge in [-0.15, -0.1) is 11.3 Å². The Morgan fingerprint density at radius 3 is 2.47 bits per heavy atom. The van der Waals surface area contributed by atoms with Crippen molar-refractivity contribution in [3.8, 4) is 11.5 Å². The molecule has 1 aromatic carbocycles. The highest BCUT2D eigenvalue weighted by Gasteiger charge is 2.15. The quantitative estimate of drug-likeness (QED) is 0.644. The van der Waals surface area contributed by atoms with Gasteiger partial charge in [-0.3, -0.25) is 4.79 Å². The smallest absolute Gasteiger partial charge is 0.338 e. The Labute approximate surface area is 111 Å². The van der Waals surface area contributed by atoms with E-state index in [9.17, 15) is 14.7 Å². The van der Waals surface area contributed by atoms with E-state index < -0.39 is 17.6 Å². The summed E-state index contributed by atoms with van der Waals surface area (Å²) in [6.07, 6.45) is 0. The van der Waals surface area contributed by atoms with E-state index in [1.54, 1.807) is 5.38 Å². The first-order valence-electron chi connectivity index (χ1n) is 5.13. The summed E-state index contributed by atoms with van der Waals surface area (Å²) < 4.78 is 0. The van der Waals surface area contributed by atoms with Crippen molar-refractivity contribution in [1.29, 1.82) is 0 Å². The predicted octanol–water partition coefficient (Wildman–Crippen LogP) is 2.11. The maximum absolute atomic E-state index is 11.9. The van der Waals surface area contributed by atoms with Gasteiger partial charge >= 0.3 is 5.97 Å². The molecule has 0 aliphatic rings. The molecule has 4 N–H and O–H groups in total. The third-order valence-electron chi connectivity index (χ3n) is 2.36. The van der Waals surface area contributed by atoms with Crippen LogP contribution >= 0.6 is 11.3 Å². The van der Waals surface area contributed by atoms with Gasteiger partial charge in [-0.05, 0) is 29.6 Å². The van der Waals surface area contributed by atoms with Gasteiger partial charge in [-0.2, -0.15) is 0 Å². The number of hydrogen-bond acceptors (Lipinski definition) is 5. The molecule has 2 rings (SSSR count). The molecule has 0 spiro atoms. The molecule has 0 aliphatic carbocycles. The van der Waals surface area contributed by atoms with Crippen molar-refractivity contribution in [2.75, 3.05) is 5.32 Å². The topological polar surface area (TPSA) is 107 Å². The van der Waals surface area contributed by atoms with Crippen molar-refractivity contribution >= 4 is 28.2 Å². The minimum Gasteiger partial charge on any atom is -0.504 e. The largest absolute Gasteiger partial charge is 0.504 e. The van der Waals surface area contributed by atoms with Crippen molar-refractivity contribution in [1.82, 2.24) is 0 Å². The molecule has 98 valence electrons. The van der Waals surface area contributed by atoms with E-state index in [1.165, 1.54) is 18.2 Å². The van der Waals surface area contributed by atoms with E-state index in [1.807, 2.05) is 0 Å². The van der Waals surface area contributed by atoms with Crippen LogP contribution in [0, 0.1) is 0 Å². The number of phenolic OH excluding ortho intramolecular Hbond substituents is 2. The number of amides is 1. The molecule has 0 bridgehead atoms. The first kappa shape index (κ1) is 12.9. The van der Waals surface area contributed by atoms with Crippen molar-refractivity contribution in [2.24, 2.45) is 0 Å². The lowest BCUT2D eigenvalue weighted by molar-refractivity contribution is 0.0698. The molecule has 1 amide bonds. The molecule has 7 heteroatoms. The number of nitrogens with one attached hydrogen (secondary N) is 1. The molecule has 0 fully saturated rings. The van der Waals surface area contributed by atoms with E-state index >= 15 is 0 Å². The summed E-state index contributed by atoms with van der Waals surface area (Å²) in [5.41, 5.74) is 0.112. The highest BCUT2D eigenvalue weighted by molar-refractivity contribution is 7.14. The van der Waals surface area contributed by atoms with Gasteiger partial charge in [0.25, 0.3) is 5.91 Å². The van der Waals surface area contributed by atoms with Crippen LogP contribution in [0.3, 0.4) is 0 Å². The van der Waals surface area contributed by atoms with Gasteiger partial charge in [0.05, 0.1) is 5.56 Å². The van der Waals surface area contributed by atoms with Crippen LogP contribution in [0.15, 0.2) is 29.6 Å². The number of aromatic carboxylic acids is 1. The maximum atomic E-state index is 11.9. The number of phenols is 2. The van der Waals surface area contributed by atoms with Crippen LogP contribution in [-0.2, 0) is 0 Å². The zero-order valence-electron chi connectivity index (χ0n) is 9.45. The van der Waals surface area contributed by atoms with Crippen LogP contribution in [0.2, 0.25) is 0 Å². The van der Waals surface area contributed by atoms with Crippen molar-refractivity contribution < 1.29 is 24.9 Å². The van der Waals surface area contributed by atoms with Gasteiger partial charge in [0, 0.05) is 5.56 Å². The summed E-state index contributed by atoms with van der Waals surface area (Å²) >= 11 is 1.08. The number of aromatic hydroxyl groups is 2. The normalized spacial score (nSPS) is 10.1. The Balaban J connectivity index is 2.23. The second-order valence-electron chi connectivity index (χ2n) is 3.63. The number of hydrogen-bond donors (Lipinski definition) is 4. The molecule has 0 saturated carbocycles. The molecule has 0 atom stereocenters. The fourth-order valence-electron chi connectivity index (χ4n) is 1.41. The molecule has 1 aromatic heterocycles. The summed E-state index contributed by atoms with van der Waals surface area (Å²) in [7, 11) is 0. The van der Waals surface area contributed by atoms with E-state index in [2.05, 4.69) is 5.32 Å². The van der Waals surface area contributed by atoms with Gasteiger partial charge < -0.3 is 20.6 Å². The number of carboxylic acid groups (broad SMARTS) is 1. The van der Waals surface area contributed by atoms with Gasteiger partial charge in [0.1, 0.15) is 5.00 Å². The lowest BCUT2D eigenvalue weighted by Gasteiger charge is -2.05. The minimum absolute atomic E-state index is 0.00125. The number of rotatable bonds is 3. The van der Waals surface area contributed by atoms with Gasteiger partial charge in [-0.1, -0.05) is 0 Å². The Hall–Kier alpha value is -2.54. The number of carbonyl (C=O) groups is 2. The van der Waals surface area contributed by atoms with E-state index in [0.717, 1.165) is 17.4 Å². The van der Waals surface area contributed by atoms with Crippen LogP contribution in [0.4, 0.5) is 5.00 Å². The highest BCUT2D eigenvalue weighted by Crippen LogP contribution is 2.27. The molecule has 0 unspecified atom stereocenters. The number of benzene rings is 1. The second kappa shape index (κ2) is 4.99. The predicted molar refractivity (Wildman–Crippen MR) is 69.0 cm³/mol. The summed E-state index contributed by atoms with van der Waals surface area (Å²) in [5, 5.41) is 31.5. The monoisotopic (exact) mass is 279 g/mol. The van der Waals surface area contributed by atoms with Gasteiger partial charge in [0.2, 0.25) is 0 Å². The van der Waals surface area contributed by atoms with Crippen molar-refractivity contribution in [2.45, 2.75) is 0 Å². The van der Waals surface area contributed by atoms with E-state index in [4.69, 9.17) is 10.2 Å². The number of carbonyl (C=O) groups excluding carboxylic acids is 1. The molecular formula is C12H9NO5S. The molecule has 0 aliphatic heterocycles. The van der Waals surface area contributed by atoms with E-state index in [-0.39, 0.29) is 21.9 Å². The zero-order chi connectivity index (χ0) is 14.0. The Kier molecular flexibility index (Phi) is 3.39. The second-order valence-corrected chi connectivity index (χ2v) is 4.54. The molecule has 19 heavy (non-hydrogen) atoms. The molecule has 0 radical (unpaired) electrons. The van der Waals surface area contributed by atoms with Crippen LogP contribution in [0.25, 0.3) is 0 Å². The number of anilines is 1. The van der Waals surface area contributed by atoms with Crippen LogP contribution in [0.5, 0.6) is 11.5 Å². The summed E-state index contributed by atoms with van der Waals surface area (Å²) in [5.74, 6) is -2.46. The molecule has 6 nitrogen and oxygen atoms in total. The lowest BCUT2D eigenvalue weighted by Crippen LogP contribution is -2.13. The fourth-order valence-corrected chi connectivity index (χ4v) is 2.19. The number of carboxylic acids is 1. The standard InChI is InChI=1S/C12H9NO5S/c14-8-2-1-6(5-9(8)15)10(16)13-11-7(12(17)18)3-4-19-11/h1-5,14-15H,(H,13,16)(H,17,18). The molecule has 1 heterocycles. The average Bonchev–Trinajstić information content (AvgIpc) is 2.80. The first-order chi connectivity index (χ1) is 8.99. The highest BCUT2D eigenvalue weighted by atomic mass is 32.1. The summed E-state index contributed by atoms with van der Waals surface area (Å²) in [4.78, 5) is 22.7. The minimum atomic E-state index is -1.13. The molecule has 2 aromatic rings. The van der Waals surface area contributed by atoms with Crippen molar-refractivity contribution in [3.63, 3.8) is 0 Å². The third kappa shape index (κ3) is 2.66. The van der Waals surface area contributed by atoms with Crippen LogP contribution in [0.1, 0.15) is 20.7 Å². The van der Waals surface area contributed by atoms with Crippen molar-refractivity contribution in [3.05, 3.63) is 40.8 Å². The average molecular weight is 279 g/mol. The van der Waals surface area contributed by atoms with Gasteiger partial charge in [-0.25, -0.2) is 4.79 Å². The number of thiophene rings is 1. The summed E-state index contributed by atoms with van der Waals surface area (Å²) in [6, 6.07) is 4.98. The zero-order valence-corrected chi connectivity index (χ0v) is 10.3. The maximum Gasteiger partial charge on any atom is 0.338 e. The third-order valence-corrected chi connectivity index (χ3v) is 3.19. The lowest BCUT2D eigenvalue weighted by atomic mass is 10.2. The molecule has 0 saturated heterocycles. The SMILES string of the molecule is O=C(Nc1sccc1C(=O)O)c1ccc(O)c(O)c1. The Morgan fingerprint density at radius 2 is 1.84 bits per heavy atom. The van der Waals surface area contributed by atoms with Crippen LogP contribution in [-0.4, -0.2) is 27.2 Å². The first-order valence-corrected chi connectivity index (χ1v) is 6.01. The van der Waals surface area contributed by atoms with E-state index in [0.29, 0.717) is 0 Å².